The quantitative estimate of drug-likeness (QED) is 0.150. The van der Waals surface area contributed by atoms with E-state index in [1.54, 1.807) is 48.7 Å². The average Bonchev–Trinajstić information content (AvgIpc) is 3.73. The van der Waals surface area contributed by atoms with E-state index >= 15 is 0 Å². The summed E-state index contributed by atoms with van der Waals surface area (Å²) in [7, 11) is -3.84. The van der Waals surface area contributed by atoms with Crippen LogP contribution in [-0.2, 0) is 26.2 Å². The summed E-state index contributed by atoms with van der Waals surface area (Å²) in [5.74, 6) is 0.234. The fourth-order valence-electron chi connectivity index (χ4n) is 3.72. The van der Waals surface area contributed by atoms with E-state index < -0.39 is 15.9 Å². The Labute approximate surface area is 249 Å². The standard InChI is InChI=1S/C28H23N5O6S3/c29-42(36,37)23-11-9-20(10-12-23)31-26(34)18-39-24-8-2-1-5-19(24)15-25-27(35)33(17-21-6-3-13-38-21)28(41-25)32-30-16-22-7-4-14-40-22/h1-16H,17-18H2,(H,31,34)(H2,29,36,37)/b25-15-,30-16-,32-28+. The number of benzene rings is 2. The van der Waals surface area contributed by atoms with Crippen molar-refractivity contribution in [2.45, 2.75) is 11.4 Å². The number of carbonyl (C=O) groups is 2. The molecule has 1 fully saturated rings. The zero-order valence-electron chi connectivity index (χ0n) is 21.7. The van der Waals surface area contributed by atoms with Gasteiger partial charge in [0.05, 0.1) is 28.8 Å². The lowest BCUT2D eigenvalue weighted by Crippen LogP contribution is -2.28. The van der Waals surface area contributed by atoms with Crippen LogP contribution in [0.4, 0.5) is 5.69 Å². The number of amides is 2. The van der Waals surface area contributed by atoms with Crippen LogP contribution in [0.15, 0.2) is 109 Å². The Morgan fingerprint density at radius 3 is 2.60 bits per heavy atom. The number of nitrogens with two attached hydrogens (primary N) is 1. The summed E-state index contributed by atoms with van der Waals surface area (Å²) in [4.78, 5) is 28.7. The Morgan fingerprint density at radius 2 is 1.88 bits per heavy atom. The predicted molar refractivity (Wildman–Crippen MR) is 163 cm³/mol. The molecule has 0 atom stereocenters. The molecule has 214 valence electrons. The van der Waals surface area contributed by atoms with Crippen molar-refractivity contribution in [3.8, 4) is 5.75 Å². The number of para-hydroxylation sites is 1. The van der Waals surface area contributed by atoms with E-state index in [-0.39, 0.29) is 24.0 Å². The number of ether oxygens (including phenoxy) is 1. The molecule has 0 saturated carbocycles. The number of amidine groups is 1. The van der Waals surface area contributed by atoms with E-state index in [1.165, 1.54) is 58.5 Å². The Hall–Kier alpha value is -4.50. The fourth-order valence-corrected chi connectivity index (χ4v) is 5.74. The normalized spacial score (nSPS) is 15.6. The van der Waals surface area contributed by atoms with Crippen LogP contribution in [0.25, 0.3) is 6.08 Å². The van der Waals surface area contributed by atoms with Crippen LogP contribution in [-0.4, -0.2) is 43.1 Å². The molecule has 11 nitrogen and oxygen atoms in total. The molecule has 42 heavy (non-hydrogen) atoms. The van der Waals surface area contributed by atoms with Gasteiger partial charge in [-0.1, -0.05) is 24.3 Å². The van der Waals surface area contributed by atoms with Crippen molar-refractivity contribution in [3.63, 3.8) is 0 Å². The maximum absolute atomic E-state index is 13.4. The third kappa shape index (κ3) is 7.41. The van der Waals surface area contributed by atoms with Crippen molar-refractivity contribution < 1.29 is 27.2 Å². The van der Waals surface area contributed by atoms with Gasteiger partial charge in [0.1, 0.15) is 11.5 Å². The summed E-state index contributed by atoms with van der Waals surface area (Å²) in [6.07, 6.45) is 4.83. The molecule has 0 bridgehead atoms. The zero-order chi connectivity index (χ0) is 29.5. The number of hydrogen-bond donors (Lipinski definition) is 2. The molecule has 0 spiro atoms. The molecular weight excluding hydrogens is 599 g/mol. The summed E-state index contributed by atoms with van der Waals surface area (Å²) in [5.41, 5.74) is 0.962. The highest BCUT2D eigenvalue weighted by Gasteiger charge is 2.34. The van der Waals surface area contributed by atoms with Gasteiger partial charge in [-0.25, -0.2) is 13.6 Å². The lowest BCUT2D eigenvalue weighted by molar-refractivity contribution is -0.122. The molecular formula is C28H23N5O6S3. The first-order valence-corrected chi connectivity index (χ1v) is 15.5. The van der Waals surface area contributed by atoms with Gasteiger partial charge in [-0.3, -0.25) is 14.5 Å². The first-order valence-electron chi connectivity index (χ1n) is 12.3. The van der Waals surface area contributed by atoms with Crippen molar-refractivity contribution in [2.75, 3.05) is 11.9 Å². The molecule has 1 aliphatic rings. The highest BCUT2D eigenvalue weighted by molar-refractivity contribution is 8.18. The lowest BCUT2D eigenvalue weighted by Gasteiger charge is -2.12. The Balaban J connectivity index is 1.30. The van der Waals surface area contributed by atoms with Crippen LogP contribution in [0.1, 0.15) is 16.2 Å². The number of hydrogen-bond acceptors (Lipinski definition) is 10. The van der Waals surface area contributed by atoms with E-state index in [0.29, 0.717) is 32.8 Å². The number of nitrogens with zero attached hydrogens (tertiary/aromatic N) is 3. The first-order chi connectivity index (χ1) is 20.3. The van der Waals surface area contributed by atoms with Crippen LogP contribution in [0.2, 0.25) is 0 Å². The number of sulfonamides is 1. The van der Waals surface area contributed by atoms with Crippen molar-refractivity contribution in [3.05, 3.63) is 106 Å². The molecule has 2 aromatic carbocycles. The van der Waals surface area contributed by atoms with E-state index in [0.717, 1.165) is 4.88 Å². The summed E-state index contributed by atoms with van der Waals surface area (Å²) < 4.78 is 34.1. The number of furan rings is 1. The van der Waals surface area contributed by atoms with Crippen molar-refractivity contribution in [1.82, 2.24) is 4.90 Å². The molecule has 1 aliphatic heterocycles. The Bertz CT molecular complexity index is 1760. The minimum Gasteiger partial charge on any atom is -0.483 e. The summed E-state index contributed by atoms with van der Waals surface area (Å²) in [6.45, 7) is -0.146. The van der Waals surface area contributed by atoms with Crippen molar-refractivity contribution in [2.24, 2.45) is 15.3 Å². The number of primary sulfonamides is 1. The topological polar surface area (TPSA) is 157 Å². The van der Waals surface area contributed by atoms with Crippen LogP contribution in [0, 0.1) is 0 Å². The SMILES string of the molecule is NS(=O)(=O)c1ccc(NC(=O)COc2ccccc2/C=C2\S/C(=N/N=C\c3cccs3)N(Cc3ccco3)C2=O)cc1. The molecule has 3 heterocycles. The maximum Gasteiger partial charge on any atom is 0.267 e. The molecule has 2 amide bonds. The van der Waals surface area contributed by atoms with Gasteiger partial charge >= 0.3 is 0 Å². The second-order valence-corrected chi connectivity index (χ2v) is 12.2. The van der Waals surface area contributed by atoms with Gasteiger partial charge in [0, 0.05) is 16.1 Å². The van der Waals surface area contributed by atoms with E-state index in [2.05, 4.69) is 15.5 Å². The van der Waals surface area contributed by atoms with E-state index in [9.17, 15) is 18.0 Å². The highest BCUT2D eigenvalue weighted by Crippen LogP contribution is 2.35. The average molecular weight is 622 g/mol. The van der Waals surface area contributed by atoms with Gasteiger partial charge in [-0.2, -0.15) is 5.10 Å². The van der Waals surface area contributed by atoms with Crippen molar-refractivity contribution in [1.29, 1.82) is 0 Å². The van der Waals surface area contributed by atoms with Crippen LogP contribution in [0.3, 0.4) is 0 Å². The third-order valence-corrected chi connectivity index (χ3v) is 8.42. The predicted octanol–water partition coefficient (Wildman–Crippen LogP) is 4.51. The van der Waals surface area contributed by atoms with Gasteiger partial charge < -0.3 is 14.5 Å². The summed E-state index contributed by atoms with van der Waals surface area (Å²) in [6, 6.07) is 19.8. The number of anilines is 1. The van der Waals surface area contributed by atoms with Crippen LogP contribution in [0.5, 0.6) is 5.75 Å². The van der Waals surface area contributed by atoms with Gasteiger partial charge in [0.2, 0.25) is 10.0 Å². The Morgan fingerprint density at radius 1 is 1.07 bits per heavy atom. The maximum atomic E-state index is 13.4. The summed E-state index contributed by atoms with van der Waals surface area (Å²) in [5, 5.41) is 18.5. The van der Waals surface area contributed by atoms with Gasteiger partial charge in [-0.15, -0.1) is 16.4 Å². The van der Waals surface area contributed by atoms with Crippen LogP contribution < -0.4 is 15.2 Å². The minimum absolute atomic E-state index is 0.0664. The lowest BCUT2D eigenvalue weighted by atomic mass is 10.2. The number of nitrogens with one attached hydrogen (secondary N) is 1. The molecule has 4 aromatic rings. The monoisotopic (exact) mass is 621 g/mol. The number of carbonyl (C=O) groups excluding carboxylic acids is 2. The molecule has 0 unspecified atom stereocenters. The first kappa shape index (κ1) is 29.0. The second-order valence-electron chi connectivity index (χ2n) is 8.67. The zero-order valence-corrected chi connectivity index (χ0v) is 24.2. The Kier molecular flexibility index (Phi) is 8.97. The fraction of sp³-hybridized carbons (Fsp3) is 0.0714. The highest BCUT2D eigenvalue weighted by atomic mass is 32.2. The van der Waals surface area contributed by atoms with Crippen molar-refractivity contribution >= 4 is 68.1 Å². The molecule has 0 aliphatic carbocycles. The molecule has 3 N–H and O–H groups in total. The largest absolute Gasteiger partial charge is 0.483 e. The van der Waals surface area contributed by atoms with E-state index in [1.807, 2.05) is 17.5 Å². The number of thiophene rings is 1. The van der Waals surface area contributed by atoms with E-state index in [4.69, 9.17) is 14.3 Å². The van der Waals surface area contributed by atoms with Gasteiger partial charge in [0.15, 0.2) is 11.8 Å². The van der Waals surface area contributed by atoms with Crippen LogP contribution >= 0.6 is 23.1 Å². The molecule has 0 radical (unpaired) electrons. The molecule has 14 heteroatoms. The molecule has 2 aromatic heterocycles. The van der Waals surface area contributed by atoms with Gasteiger partial charge in [0.25, 0.3) is 11.8 Å². The van der Waals surface area contributed by atoms with Gasteiger partial charge in [-0.05, 0) is 71.7 Å². The summed E-state index contributed by atoms with van der Waals surface area (Å²) >= 11 is 2.69. The third-order valence-electron chi connectivity index (χ3n) is 5.68. The number of thioether (sulfide) groups is 1. The minimum atomic E-state index is -3.84. The smallest absolute Gasteiger partial charge is 0.267 e. The number of rotatable bonds is 10. The molecule has 1 saturated heterocycles. The second kappa shape index (κ2) is 13.0. The molecule has 5 rings (SSSR count).